The average molecular weight is 189 g/mol. The van der Waals surface area contributed by atoms with Crippen molar-refractivity contribution in [2.45, 2.75) is 25.7 Å². The summed E-state index contributed by atoms with van der Waals surface area (Å²) in [5.41, 5.74) is 0. The second kappa shape index (κ2) is 11.9. The Labute approximate surface area is 81.8 Å². The van der Waals surface area contributed by atoms with Gasteiger partial charge < -0.3 is 14.8 Å². The second-order valence-corrected chi connectivity index (χ2v) is 3.12. The van der Waals surface area contributed by atoms with Crippen molar-refractivity contribution < 1.29 is 9.47 Å². The lowest BCUT2D eigenvalue weighted by Crippen LogP contribution is -2.07. The van der Waals surface area contributed by atoms with E-state index in [4.69, 9.17) is 9.47 Å². The summed E-state index contributed by atoms with van der Waals surface area (Å²) in [4.78, 5) is 0. The summed E-state index contributed by atoms with van der Waals surface area (Å²) in [6.45, 7) is 3.65. The molecule has 3 heteroatoms. The summed E-state index contributed by atoms with van der Waals surface area (Å²) in [6.07, 6.45) is 4.69. The van der Waals surface area contributed by atoms with Crippen molar-refractivity contribution in [2.24, 2.45) is 0 Å². The molecule has 0 atom stereocenters. The van der Waals surface area contributed by atoms with Crippen molar-refractivity contribution in [1.29, 1.82) is 0 Å². The van der Waals surface area contributed by atoms with Gasteiger partial charge >= 0.3 is 0 Å². The van der Waals surface area contributed by atoms with E-state index in [1.807, 2.05) is 7.05 Å². The zero-order valence-electron chi connectivity index (χ0n) is 8.97. The van der Waals surface area contributed by atoms with E-state index in [-0.39, 0.29) is 0 Å². The molecular weight excluding hydrogens is 166 g/mol. The third-order valence-electron chi connectivity index (χ3n) is 1.85. The molecule has 0 fully saturated rings. The molecule has 0 unspecified atom stereocenters. The Morgan fingerprint density at radius 3 is 2.38 bits per heavy atom. The van der Waals surface area contributed by atoms with E-state index < -0.39 is 0 Å². The molecule has 80 valence electrons. The van der Waals surface area contributed by atoms with Gasteiger partial charge in [-0.1, -0.05) is 0 Å². The van der Waals surface area contributed by atoms with Crippen molar-refractivity contribution in [3.05, 3.63) is 0 Å². The highest BCUT2D eigenvalue weighted by molar-refractivity contribution is 4.43. The van der Waals surface area contributed by atoms with Crippen molar-refractivity contribution in [3.63, 3.8) is 0 Å². The number of hydrogen-bond acceptors (Lipinski definition) is 3. The molecule has 0 aliphatic heterocycles. The fourth-order valence-corrected chi connectivity index (χ4v) is 1.09. The molecule has 0 saturated carbocycles. The molecule has 0 bridgehead atoms. The number of ether oxygens (including phenoxy) is 2. The van der Waals surface area contributed by atoms with Crippen molar-refractivity contribution >= 4 is 0 Å². The van der Waals surface area contributed by atoms with Gasteiger partial charge in [0.05, 0.1) is 0 Å². The van der Waals surface area contributed by atoms with Gasteiger partial charge in [-0.3, -0.25) is 0 Å². The first-order valence-electron chi connectivity index (χ1n) is 5.13. The third-order valence-corrected chi connectivity index (χ3v) is 1.85. The first kappa shape index (κ1) is 12.9. The van der Waals surface area contributed by atoms with Crippen LogP contribution in [0.5, 0.6) is 0 Å². The fourth-order valence-electron chi connectivity index (χ4n) is 1.09. The van der Waals surface area contributed by atoms with Gasteiger partial charge in [0.1, 0.15) is 0 Å². The van der Waals surface area contributed by atoms with Crippen LogP contribution >= 0.6 is 0 Å². The SMILES string of the molecule is CNCCCCCOCCCOC. The highest BCUT2D eigenvalue weighted by atomic mass is 16.5. The first-order valence-corrected chi connectivity index (χ1v) is 5.13. The molecule has 0 aromatic carbocycles. The van der Waals surface area contributed by atoms with Crippen molar-refractivity contribution in [2.75, 3.05) is 40.5 Å². The van der Waals surface area contributed by atoms with Crippen LogP contribution in [0.3, 0.4) is 0 Å². The van der Waals surface area contributed by atoms with Crippen LogP contribution in [0.15, 0.2) is 0 Å². The molecule has 3 nitrogen and oxygen atoms in total. The molecule has 0 amide bonds. The summed E-state index contributed by atoms with van der Waals surface area (Å²) in [5.74, 6) is 0. The van der Waals surface area contributed by atoms with Crippen LogP contribution in [-0.2, 0) is 9.47 Å². The van der Waals surface area contributed by atoms with E-state index in [1.54, 1.807) is 7.11 Å². The molecule has 0 aliphatic rings. The van der Waals surface area contributed by atoms with Gasteiger partial charge in [-0.15, -0.1) is 0 Å². The molecule has 0 radical (unpaired) electrons. The highest BCUT2D eigenvalue weighted by Gasteiger charge is 1.90. The molecule has 0 aliphatic carbocycles. The monoisotopic (exact) mass is 189 g/mol. The number of hydrogen-bond donors (Lipinski definition) is 1. The summed E-state index contributed by atoms with van der Waals surface area (Å²) in [5, 5.41) is 3.13. The summed E-state index contributed by atoms with van der Waals surface area (Å²) in [6, 6.07) is 0. The van der Waals surface area contributed by atoms with Gasteiger partial charge in [-0.25, -0.2) is 0 Å². The van der Waals surface area contributed by atoms with Crippen molar-refractivity contribution in [3.8, 4) is 0 Å². The molecule has 0 rings (SSSR count). The number of unbranched alkanes of at least 4 members (excludes halogenated alkanes) is 2. The minimum absolute atomic E-state index is 0.805. The quantitative estimate of drug-likeness (QED) is 0.527. The summed E-state index contributed by atoms with van der Waals surface area (Å²) in [7, 11) is 3.71. The van der Waals surface area contributed by atoms with Gasteiger partial charge in [-0.05, 0) is 39.3 Å². The smallest absolute Gasteiger partial charge is 0.0487 e. The number of rotatable bonds is 10. The Kier molecular flexibility index (Phi) is 11.8. The molecular formula is C10H23NO2. The van der Waals surface area contributed by atoms with Gasteiger partial charge in [0, 0.05) is 26.9 Å². The second-order valence-electron chi connectivity index (χ2n) is 3.12. The predicted molar refractivity (Wildman–Crippen MR) is 55.1 cm³/mol. The van der Waals surface area contributed by atoms with E-state index in [0.717, 1.165) is 32.8 Å². The van der Waals surface area contributed by atoms with Crippen LogP contribution in [0.4, 0.5) is 0 Å². The Hall–Kier alpha value is -0.120. The average Bonchev–Trinajstić information content (AvgIpc) is 2.16. The standard InChI is InChI=1S/C10H23NO2/c1-11-7-4-3-5-9-13-10-6-8-12-2/h11H,3-10H2,1-2H3. The van der Waals surface area contributed by atoms with Crippen LogP contribution < -0.4 is 5.32 Å². The molecule has 0 aromatic heterocycles. The van der Waals surface area contributed by atoms with E-state index in [9.17, 15) is 0 Å². The lowest BCUT2D eigenvalue weighted by Gasteiger charge is -2.03. The summed E-state index contributed by atoms with van der Waals surface area (Å²) >= 11 is 0. The van der Waals surface area contributed by atoms with Crippen LogP contribution in [0.1, 0.15) is 25.7 Å². The first-order chi connectivity index (χ1) is 6.41. The van der Waals surface area contributed by atoms with Crippen molar-refractivity contribution in [1.82, 2.24) is 5.32 Å². The van der Waals surface area contributed by atoms with E-state index in [2.05, 4.69) is 5.32 Å². The van der Waals surface area contributed by atoms with Crippen LogP contribution in [-0.4, -0.2) is 40.5 Å². The topological polar surface area (TPSA) is 30.5 Å². The Morgan fingerprint density at radius 2 is 1.69 bits per heavy atom. The highest BCUT2D eigenvalue weighted by Crippen LogP contribution is 1.95. The fraction of sp³-hybridized carbons (Fsp3) is 1.00. The van der Waals surface area contributed by atoms with E-state index in [1.165, 1.54) is 19.3 Å². The zero-order valence-corrected chi connectivity index (χ0v) is 8.97. The lowest BCUT2D eigenvalue weighted by molar-refractivity contribution is 0.100. The Morgan fingerprint density at radius 1 is 0.923 bits per heavy atom. The normalized spacial score (nSPS) is 10.6. The molecule has 0 spiro atoms. The van der Waals surface area contributed by atoms with Crippen LogP contribution in [0.25, 0.3) is 0 Å². The van der Waals surface area contributed by atoms with Crippen LogP contribution in [0.2, 0.25) is 0 Å². The minimum atomic E-state index is 0.805. The predicted octanol–water partition coefficient (Wildman–Crippen LogP) is 1.43. The zero-order chi connectivity index (χ0) is 9.78. The third kappa shape index (κ3) is 11.9. The summed E-state index contributed by atoms with van der Waals surface area (Å²) < 4.78 is 10.3. The van der Waals surface area contributed by atoms with E-state index >= 15 is 0 Å². The molecule has 0 aromatic rings. The maximum absolute atomic E-state index is 5.42. The largest absolute Gasteiger partial charge is 0.385 e. The molecule has 0 saturated heterocycles. The Balaban J connectivity index is 2.76. The van der Waals surface area contributed by atoms with Crippen LogP contribution in [0, 0.1) is 0 Å². The van der Waals surface area contributed by atoms with Gasteiger partial charge in [0.15, 0.2) is 0 Å². The van der Waals surface area contributed by atoms with E-state index in [0.29, 0.717) is 0 Å². The molecule has 0 heterocycles. The Bertz CT molecular complexity index is 79.0. The van der Waals surface area contributed by atoms with Gasteiger partial charge in [0.25, 0.3) is 0 Å². The van der Waals surface area contributed by atoms with Gasteiger partial charge in [-0.2, -0.15) is 0 Å². The number of nitrogens with one attached hydrogen (secondary N) is 1. The maximum Gasteiger partial charge on any atom is 0.0487 e. The minimum Gasteiger partial charge on any atom is -0.385 e. The lowest BCUT2D eigenvalue weighted by atomic mass is 10.2. The molecule has 13 heavy (non-hydrogen) atoms. The number of methoxy groups -OCH3 is 1. The molecule has 1 N–H and O–H groups in total. The van der Waals surface area contributed by atoms with Gasteiger partial charge in [0.2, 0.25) is 0 Å². The maximum atomic E-state index is 5.42.